The molecule has 0 aliphatic heterocycles. The molecule has 9 heteroatoms. The Morgan fingerprint density at radius 1 is 0.850 bits per heavy atom. The SMILES string of the molecule is CC(C)c1ccc(S(=O)(=O)Nc2ccc(Br)cc2C(=O)N[C@@H](Cc2ccc(-c3ccccc3)cc2)C(=O)O)cc1. The van der Waals surface area contributed by atoms with E-state index in [-0.39, 0.29) is 28.5 Å². The fraction of sp³-hybridized carbons (Fsp3) is 0.161. The van der Waals surface area contributed by atoms with Crippen molar-refractivity contribution in [2.24, 2.45) is 0 Å². The first-order valence-corrected chi connectivity index (χ1v) is 14.9. The molecule has 4 aromatic carbocycles. The summed E-state index contributed by atoms with van der Waals surface area (Å²) in [4.78, 5) is 25.4. The van der Waals surface area contributed by atoms with Crippen LogP contribution in [-0.2, 0) is 21.2 Å². The van der Waals surface area contributed by atoms with Crippen molar-refractivity contribution in [3.8, 4) is 11.1 Å². The number of carboxylic acids is 1. The number of nitrogens with one attached hydrogen (secondary N) is 2. The summed E-state index contributed by atoms with van der Waals surface area (Å²) >= 11 is 3.31. The third kappa shape index (κ3) is 7.16. The van der Waals surface area contributed by atoms with Gasteiger partial charge in [-0.1, -0.05) is 96.5 Å². The number of amides is 1. The predicted octanol–water partition coefficient (Wildman–Crippen LogP) is 6.47. The molecule has 0 unspecified atom stereocenters. The lowest BCUT2D eigenvalue weighted by Crippen LogP contribution is -2.42. The molecule has 206 valence electrons. The van der Waals surface area contributed by atoms with E-state index in [2.05, 4.69) is 26.0 Å². The number of anilines is 1. The number of rotatable bonds is 10. The standard InChI is InChI=1S/C31H29BrN2O5S/c1-20(2)22-12-15-26(16-13-22)40(38,39)34-28-17-14-25(32)19-27(28)30(35)33-29(31(36)37)18-21-8-10-24(11-9-21)23-6-4-3-5-7-23/h3-17,19-20,29,34H,18H2,1-2H3,(H,33,35)(H,36,37)/t29-/m0/s1. The second-order valence-corrected chi connectivity index (χ2v) is 12.2. The third-order valence-corrected chi connectivity index (χ3v) is 8.31. The lowest BCUT2D eigenvalue weighted by atomic mass is 10.0. The van der Waals surface area contributed by atoms with Crippen LogP contribution in [0.5, 0.6) is 0 Å². The van der Waals surface area contributed by atoms with Crippen molar-refractivity contribution in [1.82, 2.24) is 5.32 Å². The monoisotopic (exact) mass is 620 g/mol. The van der Waals surface area contributed by atoms with Crippen LogP contribution in [0.4, 0.5) is 5.69 Å². The Hall–Kier alpha value is -3.95. The first-order valence-electron chi connectivity index (χ1n) is 12.6. The van der Waals surface area contributed by atoms with E-state index in [9.17, 15) is 23.1 Å². The van der Waals surface area contributed by atoms with Crippen LogP contribution in [0.1, 0.15) is 41.3 Å². The van der Waals surface area contributed by atoms with E-state index < -0.39 is 27.9 Å². The van der Waals surface area contributed by atoms with E-state index in [0.717, 1.165) is 22.3 Å². The molecular weight excluding hydrogens is 592 g/mol. The molecule has 3 N–H and O–H groups in total. The van der Waals surface area contributed by atoms with Crippen LogP contribution in [0.2, 0.25) is 0 Å². The van der Waals surface area contributed by atoms with Gasteiger partial charge in [0.2, 0.25) is 0 Å². The highest BCUT2D eigenvalue weighted by atomic mass is 79.9. The lowest BCUT2D eigenvalue weighted by molar-refractivity contribution is -0.139. The van der Waals surface area contributed by atoms with E-state index in [1.54, 1.807) is 18.2 Å². The summed E-state index contributed by atoms with van der Waals surface area (Å²) in [5.74, 6) is -1.68. The van der Waals surface area contributed by atoms with Crippen LogP contribution in [-0.4, -0.2) is 31.4 Å². The van der Waals surface area contributed by atoms with Crippen LogP contribution in [0, 0.1) is 0 Å². The number of aliphatic carboxylic acids is 1. The van der Waals surface area contributed by atoms with Gasteiger partial charge in [-0.3, -0.25) is 9.52 Å². The quantitative estimate of drug-likeness (QED) is 0.188. The second kappa shape index (κ2) is 12.5. The molecule has 0 fully saturated rings. The number of halogens is 1. The van der Waals surface area contributed by atoms with Gasteiger partial charge in [-0.15, -0.1) is 0 Å². The zero-order valence-corrected chi connectivity index (χ0v) is 24.4. The van der Waals surface area contributed by atoms with Gasteiger partial charge in [-0.2, -0.15) is 0 Å². The van der Waals surface area contributed by atoms with E-state index in [0.29, 0.717) is 4.47 Å². The fourth-order valence-corrected chi connectivity index (χ4v) is 5.61. The van der Waals surface area contributed by atoms with Gasteiger partial charge in [0, 0.05) is 10.9 Å². The Balaban J connectivity index is 1.53. The summed E-state index contributed by atoms with van der Waals surface area (Å²) < 4.78 is 29.2. The molecular formula is C31H29BrN2O5S. The van der Waals surface area contributed by atoms with E-state index in [4.69, 9.17) is 0 Å². The van der Waals surface area contributed by atoms with Crippen LogP contribution >= 0.6 is 15.9 Å². The van der Waals surface area contributed by atoms with Crippen molar-refractivity contribution in [1.29, 1.82) is 0 Å². The maximum Gasteiger partial charge on any atom is 0.326 e. The minimum absolute atomic E-state index is 0.0116. The number of hydrogen-bond donors (Lipinski definition) is 3. The number of carbonyl (C=O) groups excluding carboxylic acids is 1. The molecule has 0 aliphatic carbocycles. The third-order valence-electron chi connectivity index (χ3n) is 6.43. The van der Waals surface area contributed by atoms with Gasteiger partial charge in [0.05, 0.1) is 16.1 Å². The highest BCUT2D eigenvalue weighted by Gasteiger charge is 2.25. The van der Waals surface area contributed by atoms with Gasteiger partial charge in [0.25, 0.3) is 15.9 Å². The summed E-state index contributed by atoms with van der Waals surface area (Å²) in [6, 6.07) is 27.0. The molecule has 1 amide bonds. The minimum atomic E-state index is -4.01. The van der Waals surface area contributed by atoms with Crippen molar-refractivity contribution in [2.75, 3.05) is 4.72 Å². The number of benzene rings is 4. The van der Waals surface area contributed by atoms with E-state index in [1.165, 1.54) is 24.3 Å². The van der Waals surface area contributed by atoms with Crippen molar-refractivity contribution in [3.63, 3.8) is 0 Å². The largest absolute Gasteiger partial charge is 0.480 e. The Morgan fingerprint density at radius 3 is 2.08 bits per heavy atom. The van der Waals surface area contributed by atoms with Crippen LogP contribution in [0.15, 0.2) is 106 Å². The lowest BCUT2D eigenvalue weighted by Gasteiger charge is -2.18. The molecule has 4 aromatic rings. The Morgan fingerprint density at radius 2 is 1.48 bits per heavy atom. The summed E-state index contributed by atoms with van der Waals surface area (Å²) in [5.41, 5.74) is 3.78. The topological polar surface area (TPSA) is 113 Å². The van der Waals surface area contributed by atoms with Crippen molar-refractivity contribution in [3.05, 3.63) is 118 Å². The average molecular weight is 622 g/mol. The number of sulfonamides is 1. The van der Waals surface area contributed by atoms with Crippen molar-refractivity contribution < 1.29 is 23.1 Å². The first kappa shape index (κ1) is 29.0. The molecule has 0 saturated heterocycles. The molecule has 1 atom stereocenters. The van der Waals surface area contributed by atoms with Gasteiger partial charge in [-0.25, -0.2) is 13.2 Å². The van der Waals surface area contributed by atoms with Crippen LogP contribution in [0.3, 0.4) is 0 Å². The summed E-state index contributed by atoms with van der Waals surface area (Å²) in [6.07, 6.45) is 0.0490. The van der Waals surface area contributed by atoms with Gasteiger partial charge in [0.1, 0.15) is 6.04 Å². The number of carboxylic acid groups (broad SMARTS) is 1. The summed E-state index contributed by atoms with van der Waals surface area (Å²) in [7, 11) is -4.01. The molecule has 7 nitrogen and oxygen atoms in total. The highest BCUT2D eigenvalue weighted by molar-refractivity contribution is 9.10. The van der Waals surface area contributed by atoms with E-state index >= 15 is 0 Å². The minimum Gasteiger partial charge on any atom is -0.480 e. The normalized spacial score (nSPS) is 12.1. The maximum atomic E-state index is 13.3. The molecule has 0 bridgehead atoms. The molecule has 4 rings (SSSR count). The number of hydrogen-bond acceptors (Lipinski definition) is 4. The summed E-state index contributed by atoms with van der Waals surface area (Å²) in [5, 5.41) is 12.4. The zero-order chi connectivity index (χ0) is 28.9. The van der Waals surface area contributed by atoms with Gasteiger partial charge in [0.15, 0.2) is 0 Å². The smallest absolute Gasteiger partial charge is 0.326 e. The highest BCUT2D eigenvalue weighted by Crippen LogP contribution is 2.26. The van der Waals surface area contributed by atoms with Gasteiger partial charge >= 0.3 is 5.97 Å². The Kier molecular flexibility index (Phi) is 9.07. The van der Waals surface area contributed by atoms with Crippen LogP contribution in [0.25, 0.3) is 11.1 Å². The Labute approximate surface area is 242 Å². The molecule has 0 heterocycles. The molecule has 0 spiro atoms. The number of carbonyl (C=O) groups is 2. The predicted molar refractivity (Wildman–Crippen MR) is 160 cm³/mol. The average Bonchev–Trinajstić information content (AvgIpc) is 2.94. The second-order valence-electron chi connectivity index (χ2n) is 9.65. The first-order chi connectivity index (χ1) is 19.0. The van der Waals surface area contributed by atoms with Crippen molar-refractivity contribution in [2.45, 2.75) is 37.1 Å². The molecule has 0 saturated carbocycles. The van der Waals surface area contributed by atoms with Crippen molar-refractivity contribution >= 4 is 43.5 Å². The van der Waals surface area contributed by atoms with Gasteiger partial charge < -0.3 is 10.4 Å². The fourth-order valence-electron chi connectivity index (χ4n) is 4.16. The Bertz CT molecular complexity index is 1600. The summed E-state index contributed by atoms with van der Waals surface area (Å²) in [6.45, 7) is 4.03. The van der Waals surface area contributed by atoms with Crippen LogP contribution < -0.4 is 10.0 Å². The molecule has 40 heavy (non-hydrogen) atoms. The maximum absolute atomic E-state index is 13.3. The molecule has 0 aromatic heterocycles. The molecule has 0 radical (unpaired) electrons. The van der Waals surface area contributed by atoms with Gasteiger partial charge in [-0.05, 0) is 58.5 Å². The zero-order valence-electron chi connectivity index (χ0n) is 22.0. The van der Waals surface area contributed by atoms with E-state index in [1.807, 2.05) is 68.4 Å². The molecule has 0 aliphatic rings.